The summed E-state index contributed by atoms with van der Waals surface area (Å²) in [5.74, 6) is 0.141. The molecule has 1 aromatic carbocycles. The molecule has 6 heteroatoms. The molecule has 20 heavy (non-hydrogen) atoms. The second-order valence-electron chi connectivity index (χ2n) is 4.93. The minimum absolute atomic E-state index is 0.141. The highest BCUT2D eigenvalue weighted by atomic mass is 35.5. The van der Waals surface area contributed by atoms with Gasteiger partial charge in [0, 0.05) is 37.7 Å². The van der Waals surface area contributed by atoms with Gasteiger partial charge in [0.05, 0.1) is 11.4 Å². The average molecular weight is 312 g/mol. The van der Waals surface area contributed by atoms with Gasteiger partial charge >= 0.3 is 0 Å². The summed E-state index contributed by atoms with van der Waals surface area (Å²) < 4.78 is 0. The summed E-state index contributed by atoms with van der Waals surface area (Å²) in [6.45, 7) is 3.72. The van der Waals surface area contributed by atoms with Gasteiger partial charge in [0.1, 0.15) is 0 Å². The molecule has 0 aliphatic carbocycles. The Morgan fingerprint density at radius 1 is 1.30 bits per heavy atom. The van der Waals surface area contributed by atoms with Crippen LogP contribution < -0.4 is 5.73 Å². The van der Waals surface area contributed by atoms with Crippen molar-refractivity contribution in [2.75, 3.05) is 32.7 Å². The molecule has 1 saturated heterocycles. The van der Waals surface area contributed by atoms with Gasteiger partial charge in [0.25, 0.3) is 0 Å². The summed E-state index contributed by atoms with van der Waals surface area (Å²) in [5, 5.41) is 0.663. The van der Waals surface area contributed by atoms with E-state index in [2.05, 4.69) is 4.90 Å². The third kappa shape index (κ3) is 4.44. The van der Waals surface area contributed by atoms with Crippen molar-refractivity contribution >= 4 is 34.7 Å². The SMILES string of the molecule is NC(=S)CN1CCN(C(=O)Cc2cccc(Cl)c2)CC1. The number of benzene rings is 1. The van der Waals surface area contributed by atoms with Gasteiger partial charge in [-0.2, -0.15) is 0 Å². The minimum atomic E-state index is 0.141. The maximum absolute atomic E-state index is 12.2. The fraction of sp³-hybridized carbons (Fsp3) is 0.429. The Hall–Kier alpha value is -1.17. The van der Waals surface area contributed by atoms with Crippen molar-refractivity contribution in [1.82, 2.24) is 9.80 Å². The van der Waals surface area contributed by atoms with Gasteiger partial charge in [-0.1, -0.05) is 36.0 Å². The second-order valence-corrected chi connectivity index (χ2v) is 5.89. The Morgan fingerprint density at radius 3 is 2.60 bits per heavy atom. The number of amides is 1. The van der Waals surface area contributed by atoms with Crippen LogP contribution in [-0.4, -0.2) is 53.4 Å². The molecule has 1 aliphatic rings. The van der Waals surface area contributed by atoms with E-state index in [1.165, 1.54) is 0 Å². The fourth-order valence-electron chi connectivity index (χ4n) is 2.31. The smallest absolute Gasteiger partial charge is 0.227 e. The first-order valence-corrected chi connectivity index (χ1v) is 7.36. The Morgan fingerprint density at radius 2 is 2.00 bits per heavy atom. The number of hydrogen-bond acceptors (Lipinski definition) is 3. The number of thiocarbonyl (C=S) groups is 1. The van der Waals surface area contributed by atoms with Gasteiger partial charge in [0.2, 0.25) is 5.91 Å². The molecule has 0 radical (unpaired) electrons. The normalized spacial score (nSPS) is 16.1. The van der Waals surface area contributed by atoms with Crippen LogP contribution in [0.4, 0.5) is 0 Å². The number of rotatable bonds is 4. The summed E-state index contributed by atoms with van der Waals surface area (Å²) in [5.41, 5.74) is 6.48. The van der Waals surface area contributed by atoms with E-state index in [1.54, 1.807) is 0 Å². The molecule has 2 rings (SSSR count). The van der Waals surface area contributed by atoms with Crippen molar-refractivity contribution < 1.29 is 4.79 Å². The van der Waals surface area contributed by atoms with Crippen LogP contribution in [0.2, 0.25) is 5.02 Å². The lowest BCUT2D eigenvalue weighted by Crippen LogP contribution is -2.50. The summed E-state index contributed by atoms with van der Waals surface area (Å²) in [6, 6.07) is 7.44. The maximum atomic E-state index is 12.2. The standard InChI is InChI=1S/C14H18ClN3OS/c15-12-3-1-2-11(8-12)9-14(19)18-6-4-17(5-7-18)10-13(16)20/h1-3,8H,4-7,9-10H2,(H2,16,20). The molecule has 1 fully saturated rings. The Kier molecular flexibility index (Phi) is 5.34. The average Bonchev–Trinajstić information content (AvgIpc) is 2.38. The van der Waals surface area contributed by atoms with Crippen molar-refractivity contribution in [2.45, 2.75) is 6.42 Å². The number of piperazine rings is 1. The van der Waals surface area contributed by atoms with E-state index in [0.717, 1.165) is 31.7 Å². The molecule has 4 nitrogen and oxygen atoms in total. The van der Waals surface area contributed by atoms with E-state index < -0.39 is 0 Å². The van der Waals surface area contributed by atoms with Crippen LogP contribution in [0.25, 0.3) is 0 Å². The zero-order valence-electron chi connectivity index (χ0n) is 11.2. The monoisotopic (exact) mass is 311 g/mol. The molecular formula is C14H18ClN3OS. The number of hydrogen-bond donors (Lipinski definition) is 1. The third-order valence-electron chi connectivity index (χ3n) is 3.35. The van der Waals surface area contributed by atoms with Crippen molar-refractivity contribution in [1.29, 1.82) is 0 Å². The van der Waals surface area contributed by atoms with Crippen LogP contribution in [0, 0.1) is 0 Å². The van der Waals surface area contributed by atoms with E-state index in [4.69, 9.17) is 29.6 Å². The van der Waals surface area contributed by atoms with Crippen LogP contribution in [0.5, 0.6) is 0 Å². The molecule has 1 heterocycles. The van der Waals surface area contributed by atoms with E-state index in [0.29, 0.717) is 23.0 Å². The minimum Gasteiger partial charge on any atom is -0.392 e. The highest BCUT2D eigenvalue weighted by Crippen LogP contribution is 2.12. The van der Waals surface area contributed by atoms with Gasteiger partial charge in [0.15, 0.2) is 0 Å². The van der Waals surface area contributed by atoms with Crippen molar-refractivity contribution in [2.24, 2.45) is 5.73 Å². The predicted octanol–water partition coefficient (Wildman–Crippen LogP) is 1.31. The summed E-state index contributed by atoms with van der Waals surface area (Å²) in [6.07, 6.45) is 0.399. The molecule has 0 bridgehead atoms. The number of carbonyl (C=O) groups is 1. The number of halogens is 1. The lowest BCUT2D eigenvalue weighted by Gasteiger charge is -2.34. The molecule has 0 saturated carbocycles. The molecule has 1 aromatic rings. The van der Waals surface area contributed by atoms with Gasteiger partial charge < -0.3 is 10.6 Å². The lowest BCUT2D eigenvalue weighted by molar-refractivity contribution is -0.132. The number of nitrogens with zero attached hydrogens (tertiary/aromatic N) is 2. The van der Waals surface area contributed by atoms with Gasteiger partial charge in [-0.3, -0.25) is 9.69 Å². The van der Waals surface area contributed by atoms with Crippen LogP contribution in [0.3, 0.4) is 0 Å². The molecule has 1 amide bonds. The first kappa shape index (κ1) is 15.2. The second kappa shape index (κ2) is 7.02. The first-order valence-electron chi connectivity index (χ1n) is 6.57. The highest BCUT2D eigenvalue weighted by Gasteiger charge is 2.21. The fourth-order valence-corrected chi connectivity index (χ4v) is 2.70. The van der Waals surface area contributed by atoms with Gasteiger partial charge in [-0.25, -0.2) is 0 Å². The first-order chi connectivity index (χ1) is 9.54. The highest BCUT2D eigenvalue weighted by molar-refractivity contribution is 7.80. The summed E-state index contributed by atoms with van der Waals surface area (Å²) in [4.78, 5) is 16.8. The molecular weight excluding hydrogens is 294 g/mol. The Balaban J connectivity index is 1.84. The topological polar surface area (TPSA) is 49.6 Å². The summed E-state index contributed by atoms with van der Waals surface area (Å²) in [7, 11) is 0. The number of carbonyl (C=O) groups excluding carboxylic acids is 1. The van der Waals surface area contributed by atoms with Crippen molar-refractivity contribution in [3.05, 3.63) is 34.9 Å². The molecule has 108 valence electrons. The largest absolute Gasteiger partial charge is 0.392 e. The Bertz CT molecular complexity index is 501. The van der Waals surface area contributed by atoms with Crippen molar-refractivity contribution in [3.8, 4) is 0 Å². The van der Waals surface area contributed by atoms with Gasteiger partial charge in [-0.15, -0.1) is 0 Å². The Labute approximate surface area is 129 Å². The molecule has 0 spiro atoms. The lowest BCUT2D eigenvalue weighted by atomic mass is 10.1. The predicted molar refractivity (Wildman–Crippen MR) is 85.0 cm³/mol. The molecule has 0 aromatic heterocycles. The van der Waals surface area contributed by atoms with Crippen LogP contribution in [-0.2, 0) is 11.2 Å². The van der Waals surface area contributed by atoms with Gasteiger partial charge in [-0.05, 0) is 17.7 Å². The third-order valence-corrected chi connectivity index (χ3v) is 3.71. The van der Waals surface area contributed by atoms with Crippen LogP contribution >= 0.6 is 23.8 Å². The van der Waals surface area contributed by atoms with E-state index in [1.807, 2.05) is 29.2 Å². The zero-order valence-corrected chi connectivity index (χ0v) is 12.8. The van der Waals surface area contributed by atoms with Crippen LogP contribution in [0.15, 0.2) is 24.3 Å². The quantitative estimate of drug-likeness (QED) is 0.852. The summed E-state index contributed by atoms with van der Waals surface area (Å²) >= 11 is 10.8. The molecule has 0 atom stereocenters. The molecule has 2 N–H and O–H groups in total. The molecule has 0 unspecified atom stereocenters. The van der Waals surface area contributed by atoms with E-state index in [9.17, 15) is 4.79 Å². The van der Waals surface area contributed by atoms with Crippen molar-refractivity contribution in [3.63, 3.8) is 0 Å². The number of nitrogens with two attached hydrogens (primary N) is 1. The van der Waals surface area contributed by atoms with E-state index >= 15 is 0 Å². The van der Waals surface area contributed by atoms with E-state index in [-0.39, 0.29) is 5.91 Å². The molecule has 1 aliphatic heterocycles. The zero-order chi connectivity index (χ0) is 14.5. The maximum Gasteiger partial charge on any atom is 0.227 e. The van der Waals surface area contributed by atoms with Crippen LogP contribution in [0.1, 0.15) is 5.56 Å².